The number of carboxylic acids is 2. The van der Waals surface area contributed by atoms with Crippen LogP contribution in [0.25, 0.3) is 0 Å². The minimum atomic E-state index is -5.03. The Balaban J connectivity index is 0. The monoisotopic (exact) mass is 262 g/mol. The number of rotatable bonds is 6. The standard InChI is InChI=1S/C7H10O7S.Na.H/c1-2-3-7(6(10)11,4-5(8)9)15(12,13)14;;/h2H,1,3-4H2,(H,8,9)(H,10,11)(H,12,13,14);;. The van der Waals surface area contributed by atoms with Crippen molar-refractivity contribution in [1.82, 2.24) is 0 Å². The summed E-state index contributed by atoms with van der Waals surface area (Å²) in [5.41, 5.74) is 0. The number of hydrogen-bond acceptors (Lipinski definition) is 4. The fraction of sp³-hybridized carbons (Fsp3) is 0.429. The van der Waals surface area contributed by atoms with E-state index in [0.29, 0.717) is 0 Å². The third-order valence-electron chi connectivity index (χ3n) is 1.79. The zero-order valence-electron chi connectivity index (χ0n) is 7.58. The second-order valence-corrected chi connectivity index (χ2v) is 4.57. The van der Waals surface area contributed by atoms with Crippen LogP contribution in [0.5, 0.6) is 0 Å². The summed E-state index contributed by atoms with van der Waals surface area (Å²) in [5, 5.41) is 17.1. The van der Waals surface area contributed by atoms with Crippen LogP contribution in [0.15, 0.2) is 12.7 Å². The van der Waals surface area contributed by atoms with E-state index in [-0.39, 0.29) is 29.6 Å². The summed E-state index contributed by atoms with van der Waals surface area (Å²) in [6, 6.07) is 0. The molecule has 1 unspecified atom stereocenters. The van der Waals surface area contributed by atoms with E-state index >= 15 is 0 Å². The second-order valence-electron chi connectivity index (χ2n) is 2.84. The molecule has 3 N–H and O–H groups in total. The number of allylic oxidation sites excluding steroid dienone is 1. The van der Waals surface area contributed by atoms with Crippen molar-refractivity contribution >= 4 is 51.6 Å². The molecule has 0 spiro atoms. The average Bonchev–Trinajstić information content (AvgIpc) is 1.99. The molecule has 0 aromatic heterocycles. The van der Waals surface area contributed by atoms with Crippen LogP contribution in [0.4, 0.5) is 0 Å². The van der Waals surface area contributed by atoms with E-state index in [1.165, 1.54) is 0 Å². The molecule has 9 heteroatoms. The van der Waals surface area contributed by atoms with Crippen LogP contribution >= 0.6 is 0 Å². The topological polar surface area (TPSA) is 129 Å². The van der Waals surface area contributed by atoms with E-state index < -0.39 is 39.6 Å². The van der Waals surface area contributed by atoms with Crippen molar-refractivity contribution in [1.29, 1.82) is 0 Å². The molecule has 0 amide bonds. The van der Waals surface area contributed by atoms with Gasteiger partial charge in [-0.3, -0.25) is 14.1 Å². The van der Waals surface area contributed by atoms with Crippen molar-refractivity contribution in [2.45, 2.75) is 17.6 Å². The maximum absolute atomic E-state index is 10.9. The summed E-state index contributed by atoms with van der Waals surface area (Å²) >= 11 is 0. The fourth-order valence-corrected chi connectivity index (χ4v) is 1.87. The van der Waals surface area contributed by atoms with E-state index in [4.69, 9.17) is 14.8 Å². The van der Waals surface area contributed by atoms with E-state index in [1.807, 2.05) is 0 Å². The predicted molar refractivity (Wildman–Crippen MR) is 56.1 cm³/mol. The van der Waals surface area contributed by atoms with Gasteiger partial charge in [-0.05, 0) is 6.42 Å². The molecular formula is C7H11NaO7S. The van der Waals surface area contributed by atoms with Gasteiger partial charge in [-0.1, -0.05) is 6.08 Å². The Morgan fingerprint density at radius 2 is 1.75 bits per heavy atom. The van der Waals surface area contributed by atoms with E-state index in [9.17, 15) is 18.0 Å². The predicted octanol–water partition coefficient (Wildman–Crippen LogP) is -0.900. The molecule has 7 nitrogen and oxygen atoms in total. The first-order valence-corrected chi connectivity index (χ1v) is 5.14. The molecule has 0 radical (unpaired) electrons. The van der Waals surface area contributed by atoms with Gasteiger partial charge in [0, 0.05) is 0 Å². The second kappa shape index (κ2) is 6.36. The van der Waals surface area contributed by atoms with E-state index in [1.54, 1.807) is 0 Å². The molecule has 0 aliphatic heterocycles. The first-order valence-electron chi connectivity index (χ1n) is 3.70. The zero-order chi connectivity index (χ0) is 12.3. The van der Waals surface area contributed by atoms with Gasteiger partial charge in [0.15, 0.2) is 0 Å². The van der Waals surface area contributed by atoms with Crippen molar-refractivity contribution in [2.24, 2.45) is 0 Å². The molecule has 0 fully saturated rings. The van der Waals surface area contributed by atoms with Crippen molar-refractivity contribution < 1.29 is 32.8 Å². The van der Waals surface area contributed by atoms with Crippen molar-refractivity contribution in [3.8, 4) is 0 Å². The Morgan fingerprint density at radius 1 is 1.31 bits per heavy atom. The van der Waals surface area contributed by atoms with Crippen LogP contribution in [0.2, 0.25) is 0 Å². The first kappa shape index (κ1) is 18.0. The van der Waals surface area contributed by atoms with Gasteiger partial charge in [-0.2, -0.15) is 8.42 Å². The van der Waals surface area contributed by atoms with Crippen molar-refractivity contribution in [2.75, 3.05) is 0 Å². The Bertz CT molecular complexity index is 388. The summed E-state index contributed by atoms with van der Waals surface area (Å²) in [5.74, 6) is -3.57. The van der Waals surface area contributed by atoms with Crippen LogP contribution in [-0.2, 0) is 19.7 Å². The van der Waals surface area contributed by atoms with E-state index in [2.05, 4.69) is 6.58 Å². The molecule has 0 aromatic carbocycles. The average molecular weight is 262 g/mol. The Kier molecular flexibility index (Phi) is 7.14. The molecule has 88 valence electrons. The molecule has 0 bridgehead atoms. The van der Waals surface area contributed by atoms with Gasteiger partial charge in [-0.25, -0.2) is 0 Å². The molecule has 0 saturated heterocycles. The van der Waals surface area contributed by atoms with Crippen molar-refractivity contribution in [3.05, 3.63) is 12.7 Å². The summed E-state index contributed by atoms with van der Waals surface area (Å²) in [4.78, 5) is 21.1. The normalized spacial score (nSPS) is 14.3. The number of aliphatic carboxylic acids is 2. The fourth-order valence-electron chi connectivity index (χ4n) is 1.02. The summed E-state index contributed by atoms with van der Waals surface area (Å²) < 4.78 is 27.8. The molecule has 1 atom stereocenters. The third-order valence-corrected chi connectivity index (χ3v) is 3.27. The van der Waals surface area contributed by atoms with Gasteiger partial charge in [0.2, 0.25) is 4.75 Å². The van der Waals surface area contributed by atoms with Gasteiger partial charge in [0.1, 0.15) is 0 Å². The Labute approximate surface area is 114 Å². The molecule has 0 saturated carbocycles. The van der Waals surface area contributed by atoms with E-state index in [0.717, 1.165) is 6.08 Å². The number of carboxylic acid groups (broad SMARTS) is 2. The van der Waals surface area contributed by atoms with Gasteiger partial charge >= 0.3 is 41.5 Å². The molecule has 0 aliphatic carbocycles. The van der Waals surface area contributed by atoms with Crippen LogP contribution < -0.4 is 0 Å². The number of hydrogen-bond donors (Lipinski definition) is 3. The van der Waals surface area contributed by atoms with Crippen LogP contribution in [-0.4, -0.2) is 69.4 Å². The quantitative estimate of drug-likeness (QED) is 0.321. The number of carbonyl (C=O) groups is 2. The van der Waals surface area contributed by atoms with Gasteiger partial charge < -0.3 is 10.2 Å². The Hall–Kier alpha value is -0.410. The van der Waals surface area contributed by atoms with Crippen LogP contribution in [0.1, 0.15) is 12.8 Å². The first-order chi connectivity index (χ1) is 6.67. The molecule has 0 aliphatic rings. The molecule has 0 heterocycles. The summed E-state index contributed by atoms with van der Waals surface area (Å²) in [6.07, 6.45) is -0.995. The minimum absolute atomic E-state index is 0. The summed E-state index contributed by atoms with van der Waals surface area (Å²) in [6.45, 7) is 3.12. The van der Waals surface area contributed by atoms with Gasteiger partial charge in [-0.15, -0.1) is 6.58 Å². The van der Waals surface area contributed by atoms with Crippen LogP contribution in [0, 0.1) is 0 Å². The van der Waals surface area contributed by atoms with Gasteiger partial charge in [0.25, 0.3) is 10.1 Å². The zero-order valence-corrected chi connectivity index (χ0v) is 8.40. The molecule has 16 heavy (non-hydrogen) atoms. The molecule has 0 aromatic rings. The van der Waals surface area contributed by atoms with Crippen LogP contribution in [0.3, 0.4) is 0 Å². The Morgan fingerprint density at radius 3 is 1.94 bits per heavy atom. The maximum atomic E-state index is 10.9. The molecule has 0 rings (SSSR count). The third kappa shape index (κ3) is 3.87. The summed E-state index contributed by atoms with van der Waals surface area (Å²) in [7, 11) is -5.03. The SMILES string of the molecule is C=CCC(CC(=O)O)(C(=O)O)S(=O)(=O)O.[NaH]. The van der Waals surface area contributed by atoms with Crippen molar-refractivity contribution in [3.63, 3.8) is 0 Å². The van der Waals surface area contributed by atoms with Gasteiger partial charge in [0.05, 0.1) is 6.42 Å². The molecular weight excluding hydrogens is 251 g/mol.